The van der Waals surface area contributed by atoms with Crippen molar-refractivity contribution in [1.82, 2.24) is 9.80 Å². The van der Waals surface area contributed by atoms with Gasteiger partial charge in [0.2, 0.25) is 11.8 Å². The van der Waals surface area contributed by atoms with Crippen LogP contribution in [0.4, 0.5) is 0 Å². The van der Waals surface area contributed by atoms with Crippen LogP contribution < -0.4 is 0 Å². The Hall–Kier alpha value is -1.28. The molecule has 0 spiro atoms. The second kappa shape index (κ2) is 4.88. The summed E-state index contributed by atoms with van der Waals surface area (Å²) in [5.74, 6) is -1.03. The topological polar surface area (TPSA) is 98.2 Å². The minimum atomic E-state index is -1.11. The van der Waals surface area contributed by atoms with Crippen molar-refractivity contribution in [2.75, 3.05) is 12.3 Å². The minimum Gasteiger partial charge on any atom is -0.480 e. The molecule has 3 aliphatic heterocycles. The van der Waals surface area contributed by atoms with Crippen molar-refractivity contribution in [2.45, 2.75) is 49.2 Å². The van der Waals surface area contributed by atoms with Crippen LogP contribution in [0, 0.1) is 0 Å². The van der Waals surface area contributed by atoms with Crippen LogP contribution in [0.15, 0.2) is 0 Å². The van der Waals surface area contributed by atoms with Crippen LogP contribution in [-0.4, -0.2) is 73.2 Å². The number of amides is 2. The fourth-order valence-electron chi connectivity index (χ4n) is 3.49. The Morgan fingerprint density at radius 1 is 1.38 bits per heavy atom. The molecule has 3 aliphatic rings. The molecule has 3 saturated heterocycles. The number of fused-ring (bicyclic) bond motifs is 1. The van der Waals surface area contributed by atoms with Gasteiger partial charge in [-0.1, -0.05) is 0 Å². The fourth-order valence-corrected chi connectivity index (χ4v) is 4.91. The summed E-state index contributed by atoms with van der Waals surface area (Å²) in [4.78, 5) is 38.5. The lowest BCUT2D eigenvalue weighted by Crippen LogP contribution is -2.53. The van der Waals surface area contributed by atoms with E-state index in [9.17, 15) is 24.6 Å². The van der Waals surface area contributed by atoms with Gasteiger partial charge in [0.05, 0.1) is 11.0 Å². The van der Waals surface area contributed by atoms with E-state index in [2.05, 4.69) is 0 Å². The molecule has 2 unspecified atom stereocenters. The molecule has 2 amide bonds. The quantitative estimate of drug-likeness (QED) is 0.712. The van der Waals surface area contributed by atoms with Gasteiger partial charge in [0, 0.05) is 25.1 Å². The number of carbonyl (C=O) groups excluding carboxylic acids is 2. The average Bonchev–Trinajstić information content (AvgIpc) is 3.04. The summed E-state index contributed by atoms with van der Waals surface area (Å²) in [7, 11) is 0. The van der Waals surface area contributed by atoms with Gasteiger partial charge in [0.25, 0.3) is 0 Å². The zero-order valence-electron chi connectivity index (χ0n) is 11.7. The van der Waals surface area contributed by atoms with Gasteiger partial charge in [-0.15, -0.1) is 11.8 Å². The predicted molar refractivity (Wildman–Crippen MR) is 74.5 cm³/mol. The maximum atomic E-state index is 12.7. The van der Waals surface area contributed by atoms with Crippen molar-refractivity contribution in [2.24, 2.45) is 0 Å². The molecule has 0 saturated carbocycles. The van der Waals surface area contributed by atoms with E-state index in [-0.39, 0.29) is 29.7 Å². The number of thioether (sulfide) groups is 1. The van der Waals surface area contributed by atoms with Crippen molar-refractivity contribution >= 4 is 29.5 Å². The summed E-state index contributed by atoms with van der Waals surface area (Å²) in [6.45, 7) is 1.97. The van der Waals surface area contributed by atoms with Gasteiger partial charge in [0.15, 0.2) is 0 Å². The number of aliphatic carboxylic acids is 1. The minimum absolute atomic E-state index is 0.0235. The number of aliphatic hydroxyl groups excluding tert-OH is 1. The van der Waals surface area contributed by atoms with E-state index in [4.69, 9.17) is 0 Å². The zero-order valence-corrected chi connectivity index (χ0v) is 12.5. The van der Waals surface area contributed by atoms with Crippen LogP contribution in [0.2, 0.25) is 0 Å². The largest absolute Gasteiger partial charge is 0.480 e. The number of aliphatic hydroxyl groups is 1. The maximum Gasteiger partial charge on any atom is 0.326 e. The molecule has 4 atom stereocenters. The molecule has 3 rings (SSSR count). The van der Waals surface area contributed by atoms with Crippen LogP contribution in [0.1, 0.15) is 26.2 Å². The maximum absolute atomic E-state index is 12.7. The summed E-state index contributed by atoms with van der Waals surface area (Å²) in [5, 5.41) is 18.9. The highest BCUT2D eigenvalue weighted by Crippen LogP contribution is 2.47. The van der Waals surface area contributed by atoms with Crippen molar-refractivity contribution in [3.8, 4) is 0 Å². The Kier molecular flexibility index (Phi) is 3.40. The first-order valence-electron chi connectivity index (χ1n) is 7.01. The van der Waals surface area contributed by atoms with E-state index >= 15 is 0 Å². The van der Waals surface area contributed by atoms with Gasteiger partial charge in [-0.3, -0.25) is 9.59 Å². The van der Waals surface area contributed by atoms with E-state index in [0.717, 1.165) is 0 Å². The molecular weight excluding hydrogens is 296 g/mol. The highest BCUT2D eigenvalue weighted by molar-refractivity contribution is 8.01. The highest BCUT2D eigenvalue weighted by atomic mass is 32.2. The molecule has 116 valence electrons. The van der Waals surface area contributed by atoms with E-state index < -0.39 is 24.2 Å². The third-order valence-electron chi connectivity index (χ3n) is 4.58. The number of carbonyl (C=O) groups is 3. The predicted octanol–water partition coefficient (Wildman–Crippen LogP) is -0.513. The van der Waals surface area contributed by atoms with Gasteiger partial charge < -0.3 is 20.0 Å². The van der Waals surface area contributed by atoms with Crippen LogP contribution in [0.5, 0.6) is 0 Å². The van der Waals surface area contributed by atoms with Crippen LogP contribution >= 0.6 is 11.8 Å². The third kappa shape index (κ3) is 2.20. The van der Waals surface area contributed by atoms with Crippen LogP contribution in [0.25, 0.3) is 0 Å². The monoisotopic (exact) mass is 314 g/mol. The first-order valence-corrected chi connectivity index (χ1v) is 7.99. The van der Waals surface area contributed by atoms with Crippen molar-refractivity contribution in [3.05, 3.63) is 0 Å². The van der Waals surface area contributed by atoms with Gasteiger partial charge >= 0.3 is 5.97 Å². The first kappa shape index (κ1) is 14.6. The molecule has 3 heterocycles. The van der Waals surface area contributed by atoms with E-state index in [1.807, 2.05) is 6.92 Å². The molecule has 0 aromatic carbocycles. The first-order chi connectivity index (χ1) is 9.83. The van der Waals surface area contributed by atoms with E-state index in [1.165, 1.54) is 4.90 Å². The lowest BCUT2D eigenvalue weighted by molar-refractivity contribution is -0.151. The summed E-state index contributed by atoms with van der Waals surface area (Å²) in [6.07, 6.45) is 0.375. The number of likely N-dealkylation sites (tertiary alicyclic amines) is 1. The lowest BCUT2D eigenvalue weighted by Gasteiger charge is -2.32. The number of nitrogens with zero attached hydrogens (tertiary/aromatic N) is 2. The summed E-state index contributed by atoms with van der Waals surface area (Å²) in [5.41, 5.74) is 0. The second-order valence-corrected chi connectivity index (χ2v) is 7.50. The molecule has 0 aromatic rings. The Morgan fingerprint density at radius 2 is 2.10 bits per heavy atom. The fraction of sp³-hybridized carbons (Fsp3) is 0.769. The number of hydrogen-bond acceptors (Lipinski definition) is 5. The third-order valence-corrected chi connectivity index (χ3v) is 6.08. The molecule has 21 heavy (non-hydrogen) atoms. The number of rotatable bonds is 2. The number of carboxylic acid groups (broad SMARTS) is 1. The number of β-amino-alcohol motifs (C(OH)–C–C–N with tert-alkyl or cyclic N) is 1. The molecule has 0 radical (unpaired) electrons. The highest BCUT2D eigenvalue weighted by Gasteiger charge is 2.55. The van der Waals surface area contributed by atoms with Crippen molar-refractivity contribution < 1.29 is 24.6 Å². The summed E-state index contributed by atoms with van der Waals surface area (Å²) in [6, 6.07) is -1.61. The van der Waals surface area contributed by atoms with Crippen molar-refractivity contribution in [1.29, 1.82) is 0 Å². The molecular formula is C13H18N2O5S. The van der Waals surface area contributed by atoms with Crippen molar-refractivity contribution in [3.63, 3.8) is 0 Å². The molecule has 0 bridgehead atoms. The normalized spacial score (nSPS) is 39.0. The van der Waals surface area contributed by atoms with Gasteiger partial charge in [0.1, 0.15) is 12.1 Å². The van der Waals surface area contributed by atoms with E-state index in [1.54, 1.807) is 16.7 Å². The standard InChI is InChI=1S/C13H18N2O5S/c1-13-3-2-10(17)15(13)9(6-21-13)11(18)14-5-7(16)4-8(14)12(19)20/h7-9,16H,2-6H2,1H3,(H,19,20)/t7-,8-,9?,13?/m0/s1. The SMILES string of the molecule is CC12CCC(=O)N1C(C(=O)N1C[C@@H](O)C[C@H]1C(=O)O)CS2. The Balaban J connectivity index is 1.82. The molecule has 2 N–H and O–H groups in total. The Labute approximate surface area is 126 Å². The second-order valence-electron chi connectivity index (χ2n) is 6.00. The average molecular weight is 314 g/mol. The summed E-state index contributed by atoms with van der Waals surface area (Å²) < 4.78 is 0. The Bertz CT molecular complexity index is 513. The number of hydrogen-bond donors (Lipinski definition) is 2. The zero-order chi connectivity index (χ0) is 15.4. The number of carboxylic acids is 1. The lowest BCUT2D eigenvalue weighted by atomic mass is 10.1. The molecule has 3 fully saturated rings. The molecule has 8 heteroatoms. The Morgan fingerprint density at radius 3 is 2.76 bits per heavy atom. The summed E-state index contributed by atoms with van der Waals surface area (Å²) >= 11 is 1.57. The smallest absolute Gasteiger partial charge is 0.326 e. The van der Waals surface area contributed by atoms with E-state index in [0.29, 0.717) is 18.6 Å². The molecule has 7 nitrogen and oxygen atoms in total. The van der Waals surface area contributed by atoms with Gasteiger partial charge in [-0.05, 0) is 13.3 Å². The van der Waals surface area contributed by atoms with Crippen LogP contribution in [-0.2, 0) is 14.4 Å². The molecule has 0 aromatic heterocycles. The molecule has 0 aliphatic carbocycles. The van der Waals surface area contributed by atoms with Crippen LogP contribution in [0.3, 0.4) is 0 Å². The van der Waals surface area contributed by atoms with Gasteiger partial charge in [-0.25, -0.2) is 4.79 Å². The van der Waals surface area contributed by atoms with Gasteiger partial charge in [-0.2, -0.15) is 0 Å².